The quantitative estimate of drug-likeness (QED) is 0.757. The van der Waals surface area contributed by atoms with Gasteiger partial charge in [-0.2, -0.15) is 0 Å². The van der Waals surface area contributed by atoms with Crippen LogP contribution < -0.4 is 10.6 Å². The van der Waals surface area contributed by atoms with Gasteiger partial charge in [0.25, 0.3) is 5.91 Å². The predicted molar refractivity (Wildman–Crippen MR) is 69.8 cm³/mol. The van der Waals surface area contributed by atoms with E-state index in [0.29, 0.717) is 22.7 Å². The van der Waals surface area contributed by atoms with Crippen LogP contribution in [-0.2, 0) is 4.79 Å². The molecule has 0 saturated heterocycles. The van der Waals surface area contributed by atoms with E-state index in [-0.39, 0.29) is 24.8 Å². The second kappa shape index (κ2) is 6.98. The van der Waals surface area contributed by atoms with Gasteiger partial charge in [-0.15, -0.1) is 0 Å². The molecule has 0 aliphatic heterocycles. The Labute approximate surface area is 110 Å². The molecule has 2 amide bonds. The van der Waals surface area contributed by atoms with Gasteiger partial charge in [0.1, 0.15) is 0 Å². The third kappa shape index (κ3) is 4.01. The van der Waals surface area contributed by atoms with Gasteiger partial charge in [-0.3, -0.25) is 9.59 Å². The summed E-state index contributed by atoms with van der Waals surface area (Å²) >= 11 is 5.93. The van der Waals surface area contributed by atoms with Gasteiger partial charge in [-0.1, -0.05) is 11.6 Å². The van der Waals surface area contributed by atoms with Gasteiger partial charge >= 0.3 is 0 Å². The molecule has 0 unspecified atom stereocenters. The lowest BCUT2D eigenvalue weighted by Gasteiger charge is -2.08. The monoisotopic (exact) mass is 270 g/mol. The zero-order chi connectivity index (χ0) is 13.5. The van der Waals surface area contributed by atoms with Crippen molar-refractivity contribution in [2.75, 3.05) is 19.0 Å². The lowest BCUT2D eigenvalue weighted by atomic mass is 10.2. The molecule has 0 atom stereocenters. The van der Waals surface area contributed by atoms with E-state index in [4.69, 9.17) is 16.7 Å². The first kappa shape index (κ1) is 14.5. The van der Waals surface area contributed by atoms with Crippen molar-refractivity contribution in [1.82, 2.24) is 5.32 Å². The Balaban J connectivity index is 2.81. The zero-order valence-electron chi connectivity index (χ0n) is 10.00. The van der Waals surface area contributed by atoms with Crippen LogP contribution in [0.15, 0.2) is 18.2 Å². The summed E-state index contributed by atoms with van der Waals surface area (Å²) in [5.74, 6) is -0.502. The first-order valence-electron chi connectivity index (χ1n) is 5.51. The Morgan fingerprint density at radius 1 is 1.39 bits per heavy atom. The average Bonchev–Trinajstić information content (AvgIpc) is 2.38. The standard InChI is InChI=1S/C12H15ClN2O3/c1-14-12(18)8-4-5-9(13)10(7-8)15-11(17)3-2-6-16/h4-5,7,16H,2-3,6H2,1H3,(H,14,18)(H,15,17). The molecule has 0 radical (unpaired) electrons. The molecule has 98 valence electrons. The van der Waals surface area contributed by atoms with Crippen LogP contribution >= 0.6 is 11.6 Å². The van der Waals surface area contributed by atoms with Crippen LogP contribution in [0.1, 0.15) is 23.2 Å². The lowest BCUT2D eigenvalue weighted by Crippen LogP contribution is -2.18. The van der Waals surface area contributed by atoms with Gasteiger partial charge in [0.15, 0.2) is 0 Å². The van der Waals surface area contributed by atoms with E-state index in [1.165, 1.54) is 13.1 Å². The van der Waals surface area contributed by atoms with Gasteiger partial charge < -0.3 is 15.7 Å². The normalized spacial score (nSPS) is 9.94. The molecule has 0 aromatic heterocycles. The molecule has 1 aromatic rings. The molecular weight excluding hydrogens is 256 g/mol. The van der Waals surface area contributed by atoms with E-state index >= 15 is 0 Å². The van der Waals surface area contributed by atoms with Crippen LogP contribution in [0.3, 0.4) is 0 Å². The summed E-state index contributed by atoms with van der Waals surface area (Å²) < 4.78 is 0. The highest BCUT2D eigenvalue weighted by Gasteiger charge is 2.09. The Bertz CT molecular complexity index is 449. The van der Waals surface area contributed by atoms with Crippen molar-refractivity contribution in [3.05, 3.63) is 28.8 Å². The lowest BCUT2D eigenvalue weighted by molar-refractivity contribution is -0.116. The van der Waals surface area contributed by atoms with Crippen molar-refractivity contribution in [1.29, 1.82) is 0 Å². The van der Waals surface area contributed by atoms with E-state index in [1.54, 1.807) is 12.1 Å². The van der Waals surface area contributed by atoms with Crippen LogP contribution in [0.4, 0.5) is 5.69 Å². The molecule has 1 rings (SSSR count). The first-order valence-corrected chi connectivity index (χ1v) is 5.88. The highest BCUT2D eigenvalue weighted by atomic mass is 35.5. The van der Waals surface area contributed by atoms with Crippen LogP contribution in [0.2, 0.25) is 5.02 Å². The van der Waals surface area contributed by atoms with Crippen molar-refractivity contribution in [3.63, 3.8) is 0 Å². The molecule has 5 nitrogen and oxygen atoms in total. The molecule has 1 aromatic carbocycles. The predicted octanol–water partition coefficient (Wildman–Crippen LogP) is 1.41. The fourth-order valence-corrected chi connectivity index (χ4v) is 1.52. The van der Waals surface area contributed by atoms with E-state index in [0.717, 1.165) is 0 Å². The van der Waals surface area contributed by atoms with Crippen LogP contribution in [0, 0.1) is 0 Å². The number of aliphatic hydroxyl groups excluding tert-OH is 1. The Kier molecular flexibility index (Phi) is 5.61. The SMILES string of the molecule is CNC(=O)c1ccc(Cl)c(NC(=O)CCCO)c1. The third-order valence-electron chi connectivity index (χ3n) is 2.29. The van der Waals surface area contributed by atoms with Crippen molar-refractivity contribution >= 4 is 29.1 Å². The second-order valence-electron chi connectivity index (χ2n) is 3.65. The minimum atomic E-state index is -0.252. The number of hydrogen-bond donors (Lipinski definition) is 3. The van der Waals surface area contributed by atoms with E-state index in [2.05, 4.69) is 10.6 Å². The number of aliphatic hydroxyl groups is 1. The molecule has 0 spiro atoms. The number of amides is 2. The molecule has 6 heteroatoms. The number of carbonyl (C=O) groups is 2. The summed E-state index contributed by atoms with van der Waals surface area (Å²) in [6.45, 7) is -0.0422. The highest BCUT2D eigenvalue weighted by Crippen LogP contribution is 2.23. The summed E-state index contributed by atoms with van der Waals surface area (Å²) in [6, 6.07) is 4.64. The number of hydrogen-bond acceptors (Lipinski definition) is 3. The minimum Gasteiger partial charge on any atom is -0.396 e. The Hall–Kier alpha value is -1.59. The maximum absolute atomic E-state index is 11.5. The van der Waals surface area contributed by atoms with Crippen molar-refractivity contribution in [2.45, 2.75) is 12.8 Å². The van der Waals surface area contributed by atoms with Gasteiger partial charge in [0.2, 0.25) is 5.91 Å². The van der Waals surface area contributed by atoms with Crippen LogP contribution in [0.25, 0.3) is 0 Å². The molecule has 18 heavy (non-hydrogen) atoms. The molecule has 0 aliphatic carbocycles. The van der Waals surface area contributed by atoms with E-state index in [9.17, 15) is 9.59 Å². The van der Waals surface area contributed by atoms with Gasteiger partial charge in [-0.25, -0.2) is 0 Å². The second-order valence-corrected chi connectivity index (χ2v) is 4.06. The van der Waals surface area contributed by atoms with E-state index in [1.807, 2.05) is 0 Å². The number of benzene rings is 1. The van der Waals surface area contributed by atoms with Crippen molar-refractivity contribution < 1.29 is 14.7 Å². The molecule has 3 N–H and O–H groups in total. The maximum Gasteiger partial charge on any atom is 0.251 e. The van der Waals surface area contributed by atoms with Gasteiger partial charge in [0.05, 0.1) is 10.7 Å². The van der Waals surface area contributed by atoms with Gasteiger partial charge in [0, 0.05) is 25.6 Å². The van der Waals surface area contributed by atoms with Crippen molar-refractivity contribution in [3.8, 4) is 0 Å². The summed E-state index contributed by atoms with van der Waals surface area (Å²) in [7, 11) is 1.52. The largest absolute Gasteiger partial charge is 0.396 e. The fourth-order valence-electron chi connectivity index (χ4n) is 1.36. The summed E-state index contributed by atoms with van der Waals surface area (Å²) in [5.41, 5.74) is 0.806. The summed E-state index contributed by atoms with van der Waals surface area (Å²) in [4.78, 5) is 22.9. The number of carbonyl (C=O) groups excluding carboxylic acids is 2. The number of rotatable bonds is 5. The Morgan fingerprint density at radius 3 is 2.72 bits per heavy atom. The molecule has 0 fully saturated rings. The van der Waals surface area contributed by atoms with Crippen LogP contribution in [-0.4, -0.2) is 30.6 Å². The first-order chi connectivity index (χ1) is 8.58. The number of nitrogens with one attached hydrogen (secondary N) is 2. The summed E-state index contributed by atoms with van der Waals surface area (Å²) in [6.07, 6.45) is 0.593. The average molecular weight is 271 g/mol. The van der Waals surface area contributed by atoms with Crippen LogP contribution in [0.5, 0.6) is 0 Å². The smallest absolute Gasteiger partial charge is 0.251 e. The zero-order valence-corrected chi connectivity index (χ0v) is 10.8. The molecular formula is C12H15ClN2O3. The summed E-state index contributed by atoms with van der Waals surface area (Å²) in [5, 5.41) is 14.1. The Morgan fingerprint density at radius 2 is 2.11 bits per heavy atom. The number of halogens is 1. The van der Waals surface area contributed by atoms with E-state index < -0.39 is 0 Å². The minimum absolute atomic E-state index is 0.0422. The third-order valence-corrected chi connectivity index (χ3v) is 2.62. The topological polar surface area (TPSA) is 78.4 Å². The molecule has 0 bridgehead atoms. The molecule has 0 saturated carbocycles. The fraction of sp³-hybridized carbons (Fsp3) is 0.333. The van der Waals surface area contributed by atoms with Gasteiger partial charge in [-0.05, 0) is 24.6 Å². The molecule has 0 heterocycles. The molecule has 0 aliphatic rings. The number of anilines is 1. The highest BCUT2D eigenvalue weighted by molar-refractivity contribution is 6.33. The maximum atomic E-state index is 11.5. The van der Waals surface area contributed by atoms with Crippen molar-refractivity contribution in [2.24, 2.45) is 0 Å².